The molecule has 2 aromatic carbocycles. The van der Waals surface area contributed by atoms with Crippen LogP contribution in [0.3, 0.4) is 0 Å². The lowest BCUT2D eigenvalue weighted by Gasteiger charge is -2.18. The summed E-state index contributed by atoms with van der Waals surface area (Å²) >= 11 is 3.52. The van der Waals surface area contributed by atoms with Gasteiger partial charge in [0.2, 0.25) is 5.91 Å². The number of benzene rings is 2. The molecule has 0 fully saturated rings. The van der Waals surface area contributed by atoms with Crippen molar-refractivity contribution in [3.63, 3.8) is 0 Å². The predicted octanol–water partition coefficient (Wildman–Crippen LogP) is 4.17. The van der Waals surface area contributed by atoms with E-state index in [1.807, 2.05) is 42.2 Å². The summed E-state index contributed by atoms with van der Waals surface area (Å²) in [6, 6.07) is 9.61. The maximum atomic E-state index is 13.0. The van der Waals surface area contributed by atoms with Gasteiger partial charge in [0.25, 0.3) is 0 Å². The lowest BCUT2D eigenvalue weighted by atomic mass is 9.92. The molecule has 26 heavy (non-hydrogen) atoms. The van der Waals surface area contributed by atoms with Gasteiger partial charge in [-0.3, -0.25) is 4.79 Å². The van der Waals surface area contributed by atoms with E-state index in [9.17, 15) is 4.79 Å². The van der Waals surface area contributed by atoms with Crippen molar-refractivity contribution < 1.29 is 19.0 Å². The first kappa shape index (κ1) is 18.6. The largest absolute Gasteiger partial charge is 0.496 e. The molecule has 1 atom stereocenters. The number of hydrogen-bond donors (Lipinski definition) is 0. The second kappa shape index (κ2) is 7.58. The highest BCUT2D eigenvalue weighted by atomic mass is 79.9. The molecule has 0 aromatic heterocycles. The standard InChI is InChI=1S/C20H22BrNO4/c1-5-22-17-7-6-12(21)8-14(17)15(20(22)23)11-16-18(25-3)9-13(24-2)10-19(16)26-4/h6-10,15H,5,11H2,1-4H3/t15-/m1/s1. The van der Waals surface area contributed by atoms with E-state index in [-0.39, 0.29) is 11.8 Å². The molecule has 3 rings (SSSR count). The first-order valence-electron chi connectivity index (χ1n) is 8.43. The average molecular weight is 420 g/mol. The monoisotopic (exact) mass is 419 g/mol. The topological polar surface area (TPSA) is 48.0 Å². The highest BCUT2D eigenvalue weighted by Gasteiger charge is 2.37. The smallest absolute Gasteiger partial charge is 0.234 e. The van der Waals surface area contributed by atoms with Gasteiger partial charge in [-0.1, -0.05) is 15.9 Å². The minimum Gasteiger partial charge on any atom is -0.496 e. The van der Waals surface area contributed by atoms with E-state index in [4.69, 9.17) is 14.2 Å². The van der Waals surface area contributed by atoms with E-state index in [0.29, 0.717) is 30.2 Å². The molecule has 0 aliphatic carbocycles. The summed E-state index contributed by atoms with van der Waals surface area (Å²) in [5.74, 6) is 1.78. The third kappa shape index (κ3) is 3.14. The molecule has 0 saturated carbocycles. The van der Waals surface area contributed by atoms with Gasteiger partial charge in [0.05, 0.1) is 27.2 Å². The van der Waals surface area contributed by atoms with Crippen LogP contribution < -0.4 is 19.1 Å². The van der Waals surface area contributed by atoms with Crippen molar-refractivity contribution in [3.05, 3.63) is 45.9 Å². The van der Waals surface area contributed by atoms with Crippen molar-refractivity contribution in [2.45, 2.75) is 19.3 Å². The van der Waals surface area contributed by atoms with Gasteiger partial charge >= 0.3 is 0 Å². The molecule has 0 N–H and O–H groups in total. The molecule has 0 bridgehead atoms. The summed E-state index contributed by atoms with van der Waals surface area (Å²) in [6.45, 7) is 2.63. The summed E-state index contributed by atoms with van der Waals surface area (Å²) in [5, 5.41) is 0. The van der Waals surface area contributed by atoms with Gasteiger partial charge in [-0.05, 0) is 37.1 Å². The van der Waals surface area contributed by atoms with E-state index in [1.54, 1.807) is 21.3 Å². The molecule has 6 heteroatoms. The van der Waals surface area contributed by atoms with Crippen molar-refractivity contribution in [3.8, 4) is 17.2 Å². The Balaban J connectivity index is 2.07. The van der Waals surface area contributed by atoms with Gasteiger partial charge in [0, 0.05) is 34.4 Å². The van der Waals surface area contributed by atoms with Crippen molar-refractivity contribution in [2.75, 3.05) is 32.8 Å². The summed E-state index contributed by atoms with van der Waals surface area (Å²) in [6.07, 6.45) is 0.495. The van der Waals surface area contributed by atoms with Gasteiger partial charge in [-0.15, -0.1) is 0 Å². The number of fused-ring (bicyclic) bond motifs is 1. The number of hydrogen-bond acceptors (Lipinski definition) is 4. The molecule has 0 saturated heterocycles. The average Bonchev–Trinajstić information content (AvgIpc) is 2.92. The number of ether oxygens (including phenoxy) is 3. The SMILES string of the molecule is CCN1C(=O)[C@H](Cc2c(OC)cc(OC)cc2OC)c2cc(Br)ccc21. The number of amides is 1. The van der Waals surface area contributed by atoms with Crippen LogP contribution in [0.4, 0.5) is 5.69 Å². The lowest BCUT2D eigenvalue weighted by molar-refractivity contribution is -0.119. The summed E-state index contributed by atoms with van der Waals surface area (Å²) in [5.41, 5.74) is 2.85. The Morgan fingerprint density at radius 1 is 1.04 bits per heavy atom. The van der Waals surface area contributed by atoms with E-state index in [2.05, 4.69) is 15.9 Å². The molecule has 2 aromatic rings. The quantitative estimate of drug-likeness (QED) is 0.704. The zero-order chi connectivity index (χ0) is 18.8. The lowest BCUT2D eigenvalue weighted by Crippen LogP contribution is -2.29. The normalized spacial score (nSPS) is 15.8. The number of methoxy groups -OCH3 is 3. The van der Waals surface area contributed by atoms with Gasteiger partial charge in [-0.2, -0.15) is 0 Å². The summed E-state index contributed by atoms with van der Waals surface area (Å²) in [7, 11) is 4.81. The molecule has 0 unspecified atom stereocenters. The van der Waals surface area contributed by atoms with Crippen molar-refractivity contribution in [1.29, 1.82) is 0 Å². The van der Waals surface area contributed by atoms with Gasteiger partial charge in [-0.25, -0.2) is 0 Å². The number of halogens is 1. The van der Waals surface area contributed by atoms with Gasteiger partial charge < -0.3 is 19.1 Å². The molecule has 1 amide bonds. The number of nitrogens with zero attached hydrogens (tertiary/aromatic N) is 1. The fourth-order valence-electron chi connectivity index (χ4n) is 3.50. The van der Waals surface area contributed by atoms with E-state index in [0.717, 1.165) is 21.3 Å². The van der Waals surface area contributed by atoms with Crippen LogP contribution in [-0.4, -0.2) is 33.8 Å². The zero-order valence-corrected chi connectivity index (χ0v) is 16.9. The Morgan fingerprint density at radius 2 is 1.69 bits per heavy atom. The van der Waals surface area contributed by atoms with Gasteiger partial charge in [0.1, 0.15) is 17.2 Å². The Kier molecular flexibility index (Phi) is 5.41. The fourth-order valence-corrected chi connectivity index (χ4v) is 3.88. The van der Waals surface area contributed by atoms with Crippen LogP contribution in [0.2, 0.25) is 0 Å². The molecule has 0 spiro atoms. The minimum absolute atomic E-state index is 0.0977. The zero-order valence-electron chi connectivity index (χ0n) is 15.3. The van der Waals surface area contributed by atoms with E-state index < -0.39 is 0 Å². The van der Waals surface area contributed by atoms with Crippen LogP contribution in [0.15, 0.2) is 34.8 Å². The Bertz CT molecular complexity index is 812. The van der Waals surface area contributed by atoms with Crippen LogP contribution in [-0.2, 0) is 11.2 Å². The van der Waals surface area contributed by atoms with Crippen LogP contribution in [0.1, 0.15) is 24.0 Å². The summed E-state index contributed by atoms with van der Waals surface area (Å²) < 4.78 is 17.4. The minimum atomic E-state index is -0.279. The summed E-state index contributed by atoms with van der Waals surface area (Å²) in [4.78, 5) is 14.9. The molecule has 1 aliphatic rings. The van der Waals surface area contributed by atoms with Crippen LogP contribution in [0.25, 0.3) is 0 Å². The van der Waals surface area contributed by atoms with Crippen molar-refractivity contribution in [1.82, 2.24) is 0 Å². The molecule has 0 radical (unpaired) electrons. The first-order valence-corrected chi connectivity index (χ1v) is 9.23. The molecule has 5 nitrogen and oxygen atoms in total. The third-order valence-corrected chi connectivity index (χ3v) is 5.25. The number of carbonyl (C=O) groups excluding carboxylic acids is 1. The predicted molar refractivity (Wildman–Crippen MR) is 105 cm³/mol. The Morgan fingerprint density at radius 3 is 2.23 bits per heavy atom. The first-order chi connectivity index (χ1) is 12.5. The third-order valence-electron chi connectivity index (χ3n) is 4.76. The Hall–Kier alpha value is -2.21. The van der Waals surface area contributed by atoms with Crippen molar-refractivity contribution in [2.24, 2.45) is 0 Å². The molecule has 138 valence electrons. The van der Waals surface area contributed by atoms with E-state index in [1.165, 1.54) is 0 Å². The molecular formula is C20H22BrNO4. The van der Waals surface area contributed by atoms with Gasteiger partial charge in [0.15, 0.2) is 0 Å². The number of anilines is 1. The highest BCUT2D eigenvalue weighted by molar-refractivity contribution is 9.10. The maximum absolute atomic E-state index is 13.0. The Labute approximate surface area is 162 Å². The van der Waals surface area contributed by atoms with Crippen LogP contribution in [0, 0.1) is 0 Å². The molecular weight excluding hydrogens is 398 g/mol. The second-order valence-corrected chi connectivity index (χ2v) is 6.97. The maximum Gasteiger partial charge on any atom is 0.234 e. The highest BCUT2D eigenvalue weighted by Crippen LogP contribution is 2.44. The fraction of sp³-hybridized carbons (Fsp3) is 0.350. The van der Waals surface area contributed by atoms with Crippen LogP contribution in [0.5, 0.6) is 17.2 Å². The second-order valence-electron chi connectivity index (χ2n) is 6.05. The molecule has 1 heterocycles. The molecule has 1 aliphatic heterocycles. The van der Waals surface area contributed by atoms with E-state index >= 15 is 0 Å². The number of likely N-dealkylation sites (N-methyl/N-ethyl adjacent to an activating group) is 1. The number of rotatable bonds is 6. The van der Waals surface area contributed by atoms with Crippen LogP contribution >= 0.6 is 15.9 Å². The van der Waals surface area contributed by atoms with Crippen molar-refractivity contribution >= 4 is 27.5 Å². The number of carbonyl (C=O) groups is 1.